The van der Waals surface area contributed by atoms with Crippen LogP contribution in [0.25, 0.3) is 33.2 Å². The van der Waals surface area contributed by atoms with Gasteiger partial charge in [0.2, 0.25) is 0 Å². The van der Waals surface area contributed by atoms with E-state index >= 15 is 0 Å². The molecule has 3 heterocycles. The van der Waals surface area contributed by atoms with Crippen LogP contribution in [0.15, 0.2) is 63.1 Å². The average Bonchev–Trinajstić information content (AvgIpc) is 3.49. The summed E-state index contributed by atoms with van der Waals surface area (Å²) in [5, 5.41) is 7.67. The molecule has 2 aromatic carbocycles. The molecule has 1 aliphatic rings. The number of sulfone groups is 1. The van der Waals surface area contributed by atoms with Crippen LogP contribution in [0.5, 0.6) is 0 Å². The van der Waals surface area contributed by atoms with Crippen LogP contribution < -0.4 is 11.2 Å². The topological polar surface area (TPSA) is 101 Å². The van der Waals surface area contributed by atoms with Crippen LogP contribution in [0.3, 0.4) is 0 Å². The van der Waals surface area contributed by atoms with Crippen molar-refractivity contribution in [3.05, 3.63) is 80.1 Å². The first-order valence-corrected chi connectivity index (χ1v) is 14.5. The number of hydrogen-bond acceptors (Lipinski definition) is 5. The maximum Gasteiger partial charge on any atom is 0.332 e. The van der Waals surface area contributed by atoms with Gasteiger partial charge in [0.05, 0.1) is 17.1 Å². The fraction of sp³-hybridized carbons (Fsp3) is 0.296. The van der Waals surface area contributed by atoms with Crippen molar-refractivity contribution in [3.63, 3.8) is 0 Å². The molecule has 11 heteroatoms. The third kappa shape index (κ3) is 4.08. The lowest BCUT2D eigenvalue weighted by atomic mass is 10.0. The Balaban J connectivity index is 1.68. The van der Waals surface area contributed by atoms with Gasteiger partial charge in [-0.05, 0) is 53.3 Å². The van der Waals surface area contributed by atoms with Crippen molar-refractivity contribution >= 4 is 43.2 Å². The van der Waals surface area contributed by atoms with Crippen LogP contribution in [0.2, 0.25) is 5.02 Å². The van der Waals surface area contributed by atoms with Crippen LogP contribution in [-0.2, 0) is 37.0 Å². The Hall–Kier alpha value is -3.63. The van der Waals surface area contributed by atoms with Gasteiger partial charge in [-0.15, -0.1) is 0 Å². The Bertz CT molecular complexity index is 1990. The normalized spacial score (nSPS) is 14.1. The van der Waals surface area contributed by atoms with Gasteiger partial charge in [0.15, 0.2) is 15.5 Å². The number of fused-ring (bicyclic) bond motifs is 2. The minimum Gasteiger partial charge on any atom is -0.348 e. The molecule has 0 saturated heterocycles. The molecule has 1 fully saturated rings. The van der Waals surface area contributed by atoms with Crippen molar-refractivity contribution in [1.82, 2.24) is 23.5 Å². The molecule has 196 valence electrons. The third-order valence-electron chi connectivity index (χ3n) is 7.27. The minimum atomic E-state index is -3.50. The van der Waals surface area contributed by atoms with Gasteiger partial charge in [0.1, 0.15) is 11.1 Å². The summed E-state index contributed by atoms with van der Waals surface area (Å²) in [6, 6.07) is 13.1. The summed E-state index contributed by atoms with van der Waals surface area (Å²) >= 11 is 6.32. The molecule has 0 atom stereocenters. The van der Waals surface area contributed by atoms with Gasteiger partial charge in [-0.25, -0.2) is 13.2 Å². The summed E-state index contributed by atoms with van der Waals surface area (Å²) in [6.45, 7) is 0.757. The smallest absolute Gasteiger partial charge is 0.332 e. The van der Waals surface area contributed by atoms with E-state index in [2.05, 4.69) is 0 Å². The number of aryl methyl sites for hydroxylation is 1. The molecule has 3 aromatic heterocycles. The Morgan fingerprint density at radius 2 is 1.84 bits per heavy atom. The quantitative estimate of drug-likeness (QED) is 0.321. The molecule has 0 aliphatic heterocycles. The molecule has 1 aliphatic carbocycles. The van der Waals surface area contributed by atoms with Crippen molar-refractivity contribution in [1.29, 1.82) is 0 Å². The molecular weight excluding hydrogens is 526 g/mol. The molecule has 38 heavy (non-hydrogen) atoms. The maximum atomic E-state index is 13.6. The lowest BCUT2D eigenvalue weighted by Gasteiger charge is -2.11. The first-order chi connectivity index (χ1) is 18.0. The van der Waals surface area contributed by atoms with Crippen molar-refractivity contribution in [2.45, 2.75) is 30.8 Å². The minimum absolute atomic E-state index is 0.135. The van der Waals surface area contributed by atoms with Gasteiger partial charge in [0, 0.05) is 38.1 Å². The van der Waals surface area contributed by atoms with Gasteiger partial charge in [-0.2, -0.15) is 5.10 Å². The van der Waals surface area contributed by atoms with Crippen LogP contribution in [0.4, 0.5) is 0 Å². The third-order valence-corrected chi connectivity index (χ3v) is 8.58. The van der Waals surface area contributed by atoms with Crippen molar-refractivity contribution in [2.24, 2.45) is 20.0 Å². The van der Waals surface area contributed by atoms with Crippen molar-refractivity contribution in [2.75, 3.05) is 6.26 Å². The van der Waals surface area contributed by atoms with E-state index in [0.717, 1.165) is 40.0 Å². The SMILES string of the molecule is Cn1cc(S(C)(=O)=O)cc1-c1c2c(=O)n(C)c(=O)n(CC3CC3)c2nn1Cc1cccc2ccc(Cl)cc12. The van der Waals surface area contributed by atoms with E-state index < -0.39 is 21.1 Å². The van der Waals surface area contributed by atoms with Gasteiger partial charge in [0.25, 0.3) is 5.56 Å². The Labute approximate surface area is 223 Å². The summed E-state index contributed by atoms with van der Waals surface area (Å²) < 4.78 is 30.8. The average molecular weight is 552 g/mol. The fourth-order valence-corrected chi connectivity index (χ4v) is 5.89. The zero-order chi connectivity index (χ0) is 26.9. The second kappa shape index (κ2) is 8.71. The molecule has 0 bridgehead atoms. The summed E-state index contributed by atoms with van der Waals surface area (Å²) in [5.74, 6) is 0.370. The van der Waals surface area contributed by atoms with Gasteiger partial charge in [-0.3, -0.25) is 18.6 Å². The number of aromatic nitrogens is 5. The largest absolute Gasteiger partial charge is 0.348 e. The number of halogens is 1. The number of rotatable bonds is 6. The van der Waals surface area contributed by atoms with Crippen LogP contribution in [-0.4, -0.2) is 38.2 Å². The summed E-state index contributed by atoms with van der Waals surface area (Å²) in [5.41, 5.74) is 1.32. The van der Waals surface area contributed by atoms with E-state index in [1.807, 2.05) is 36.4 Å². The van der Waals surface area contributed by atoms with Crippen molar-refractivity contribution < 1.29 is 8.42 Å². The van der Waals surface area contributed by atoms with Gasteiger partial charge < -0.3 is 4.57 Å². The highest BCUT2D eigenvalue weighted by molar-refractivity contribution is 7.90. The second-order valence-corrected chi connectivity index (χ2v) is 12.6. The van der Waals surface area contributed by atoms with Crippen LogP contribution in [0.1, 0.15) is 18.4 Å². The van der Waals surface area contributed by atoms with E-state index in [1.54, 1.807) is 26.9 Å². The van der Waals surface area contributed by atoms with Gasteiger partial charge in [-0.1, -0.05) is 35.9 Å². The highest BCUT2D eigenvalue weighted by Gasteiger charge is 2.29. The predicted molar refractivity (Wildman–Crippen MR) is 148 cm³/mol. The lowest BCUT2D eigenvalue weighted by Crippen LogP contribution is -2.38. The van der Waals surface area contributed by atoms with E-state index in [1.165, 1.54) is 13.2 Å². The molecule has 5 aromatic rings. The number of hydrogen-bond donors (Lipinski definition) is 0. The summed E-state index contributed by atoms with van der Waals surface area (Å²) in [6.07, 6.45) is 4.72. The molecule has 0 N–H and O–H groups in total. The molecule has 6 rings (SSSR count). The monoisotopic (exact) mass is 551 g/mol. The zero-order valence-electron chi connectivity index (χ0n) is 21.2. The van der Waals surface area contributed by atoms with Crippen LogP contribution in [0, 0.1) is 5.92 Å². The molecular formula is C27H26ClN5O4S. The summed E-state index contributed by atoms with van der Waals surface area (Å²) in [4.78, 5) is 26.9. The lowest BCUT2D eigenvalue weighted by molar-refractivity contribution is 0.572. The summed E-state index contributed by atoms with van der Waals surface area (Å²) in [7, 11) is -0.300. The van der Waals surface area contributed by atoms with Crippen molar-refractivity contribution in [3.8, 4) is 11.4 Å². The van der Waals surface area contributed by atoms with Gasteiger partial charge >= 0.3 is 5.69 Å². The van der Waals surface area contributed by atoms with Crippen LogP contribution >= 0.6 is 11.6 Å². The Morgan fingerprint density at radius 3 is 2.53 bits per heavy atom. The zero-order valence-corrected chi connectivity index (χ0v) is 22.8. The predicted octanol–water partition coefficient (Wildman–Crippen LogP) is 3.57. The molecule has 0 radical (unpaired) electrons. The fourth-order valence-electron chi connectivity index (χ4n) is 5.04. The molecule has 0 spiro atoms. The van der Waals surface area contributed by atoms with E-state index in [0.29, 0.717) is 34.5 Å². The standard InChI is InChI=1S/C27H26ClN5O4S/c1-30-15-20(38(3,36)37)12-22(30)24-23-25(32(13-16-7-8-16)27(35)31(2)26(23)34)29-33(24)14-18-6-4-5-17-9-10-19(28)11-21(17)18/h4-6,9-12,15-16H,7-8,13-14H2,1-3H3. The second-order valence-electron chi connectivity index (χ2n) is 10.1. The number of benzene rings is 2. The molecule has 9 nitrogen and oxygen atoms in total. The Kier molecular flexibility index (Phi) is 5.66. The molecule has 0 unspecified atom stereocenters. The van der Waals surface area contributed by atoms with E-state index in [4.69, 9.17) is 16.7 Å². The highest BCUT2D eigenvalue weighted by Crippen LogP contribution is 2.34. The number of nitrogens with zero attached hydrogens (tertiary/aromatic N) is 5. The highest BCUT2D eigenvalue weighted by atomic mass is 35.5. The Morgan fingerprint density at radius 1 is 1.08 bits per heavy atom. The first-order valence-electron chi connectivity index (χ1n) is 12.3. The molecule has 1 saturated carbocycles. The maximum absolute atomic E-state index is 13.6. The van der Waals surface area contributed by atoms with E-state index in [9.17, 15) is 18.0 Å². The first kappa shape index (κ1) is 24.7. The van der Waals surface area contributed by atoms with E-state index in [-0.39, 0.29) is 16.8 Å². The molecule has 0 amide bonds.